The number of rotatable bonds is 5. The van der Waals surface area contributed by atoms with Crippen molar-refractivity contribution < 1.29 is 33.2 Å². The molecular formula is C43H59BN4O7. The van der Waals surface area contributed by atoms with Crippen LogP contribution in [0.5, 0.6) is 5.75 Å². The van der Waals surface area contributed by atoms with Crippen LogP contribution in [0, 0.1) is 17.3 Å². The Balaban J connectivity index is 1.04. The molecule has 296 valence electrons. The number of methoxy groups -OCH3 is 1. The molecule has 2 aromatic rings. The lowest BCUT2D eigenvalue weighted by atomic mass is 9.43. The van der Waals surface area contributed by atoms with Gasteiger partial charge in [0.15, 0.2) is 0 Å². The topological polar surface area (TPSA) is 110 Å². The summed E-state index contributed by atoms with van der Waals surface area (Å²) < 4.78 is 25.2. The summed E-state index contributed by atoms with van der Waals surface area (Å²) in [6, 6.07) is 14.8. The van der Waals surface area contributed by atoms with Crippen LogP contribution in [-0.2, 0) is 38.5 Å². The Bertz CT molecular complexity index is 1700. The van der Waals surface area contributed by atoms with Gasteiger partial charge in [-0.15, -0.1) is 0 Å². The number of benzene rings is 2. The second-order valence-corrected chi connectivity index (χ2v) is 17.8. The van der Waals surface area contributed by atoms with Crippen LogP contribution >= 0.6 is 0 Å². The van der Waals surface area contributed by atoms with Gasteiger partial charge >= 0.3 is 19.2 Å². The van der Waals surface area contributed by atoms with Crippen molar-refractivity contribution in [2.24, 2.45) is 17.3 Å². The molecule has 11 nitrogen and oxygen atoms in total. The van der Waals surface area contributed by atoms with E-state index in [0.29, 0.717) is 38.0 Å². The molecule has 3 saturated carbocycles. The fourth-order valence-electron chi connectivity index (χ4n) is 10.6. The van der Waals surface area contributed by atoms with E-state index in [1.807, 2.05) is 53.4 Å². The van der Waals surface area contributed by atoms with E-state index in [2.05, 4.69) is 26.1 Å². The molecule has 4 aliphatic heterocycles. The molecular weight excluding hydrogens is 695 g/mol. The van der Waals surface area contributed by atoms with Crippen molar-refractivity contribution >= 4 is 25.1 Å². The van der Waals surface area contributed by atoms with Crippen molar-refractivity contribution in [3.63, 3.8) is 0 Å². The summed E-state index contributed by atoms with van der Waals surface area (Å²) in [5, 5.41) is 3.36. The number of nitrogens with zero attached hydrogens (tertiary/aromatic N) is 3. The van der Waals surface area contributed by atoms with Crippen molar-refractivity contribution in [1.29, 1.82) is 0 Å². The number of fused-ring (bicyclic) bond motifs is 2. The highest BCUT2D eigenvalue weighted by Gasteiger charge is 2.68. The van der Waals surface area contributed by atoms with E-state index in [9.17, 15) is 14.4 Å². The molecule has 9 rings (SSSR count). The second-order valence-electron chi connectivity index (χ2n) is 17.8. The average Bonchev–Trinajstić information content (AvgIpc) is 3.90. The Labute approximate surface area is 326 Å². The first kappa shape index (κ1) is 38.1. The first-order chi connectivity index (χ1) is 26.5. The summed E-state index contributed by atoms with van der Waals surface area (Å²) >= 11 is 0. The van der Waals surface area contributed by atoms with E-state index in [1.165, 1.54) is 0 Å². The maximum Gasteiger partial charge on any atom is 0.481 e. The smallest absolute Gasteiger partial charge is 0.481 e. The molecule has 6 fully saturated rings. The van der Waals surface area contributed by atoms with Crippen molar-refractivity contribution in [2.45, 2.75) is 141 Å². The molecule has 7 atom stereocenters. The molecule has 3 aliphatic carbocycles. The van der Waals surface area contributed by atoms with Crippen LogP contribution in [-0.4, -0.2) is 89.8 Å². The molecule has 7 aliphatic rings. The molecule has 0 spiro atoms. The number of carbonyl (C=O) groups is 3. The van der Waals surface area contributed by atoms with Gasteiger partial charge in [-0.3, -0.25) is 9.69 Å². The third-order valence-electron chi connectivity index (χ3n) is 14.0. The quantitative estimate of drug-likeness (QED) is 0.325. The van der Waals surface area contributed by atoms with Crippen LogP contribution in [0.2, 0.25) is 0 Å². The van der Waals surface area contributed by atoms with E-state index in [4.69, 9.17) is 18.8 Å². The molecule has 1 unspecified atom stereocenters. The van der Waals surface area contributed by atoms with Gasteiger partial charge in [-0.1, -0.05) is 88.8 Å². The maximum absolute atomic E-state index is 14.7. The third-order valence-corrected chi connectivity index (χ3v) is 14.0. The van der Waals surface area contributed by atoms with Gasteiger partial charge in [0, 0.05) is 32.6 Å². The first-order valence-corrected chi connectivity index (χ1v) is 20.9. The number of hydrogen-bond acceptors (Lipinski definition) is 7. The SMILES string of the molecule is COc1ccc(CN2CCCCCCCCC[C@@H](B3OC4C[C@@H]5C[C@@H](C5(C)C)[C@@]4(C)O3)NC(=O)[C@@H]3C[C@@H](OC(=O)N4Cc5ccccc5C4)CN3C2=O)cc1. The Morgan fingerprint density at radius 3 is 2.29 bits per heavy atom. The van der Waals surface area contributed by atoms with E-state index in [0.717, 1.165) is 86.6 Å². The van der Waals surface area contributed by atoms with Crippen molar-refractivity contribution in [3.8, 4) is 5.75 Å². The Morgan fingerprint density at radius 1 is 0.909 bits per heavy atom. The number of hydrogen-bond donors (Lipinski definition) is 1. The standard InChI is InChI=1S/C43H59BN4O7/c1-42(2)32-22-36(42)43(3)37(23-32)54-44(55-43)38-16-10-8-6-5-7-9-13-21-46(25-29-17-19-33(52-4)20-18-29)40(50)48-28-34(24-35(48)39(49)45-38)53-41(51)47-26-30-14-11-12-15-31(30)27-47/h11-12,14-15,17-20,32,34-38H,5-10,13,16,21-28H2,1-4H3,(H,45,49)/t32-,34+,35-,36-,37?,38-,43+/m0/s1. The van der Waals surface area contributed by atoms with E-state index >= 15 is 0 Å². The molecule has 0 radical (unpaired) electrons. The van der Waals surface area contributed by atoms with E-state index in [1.54, 1.807) is 16.9 Å². The lowest BCUT2D eigenvalue weighted by Crippen LogP contribution is -2.65. The first-order valence-electron chi connectivity index (χ1n) is 20.9. The molecule has 3 saturated heterocycles. The van der Waals surface area contributed by atoms with Crippen molar-refractivity contribution in [3.05, 3.63) is 65.2 Å². The predicted octanol–water partition coefficient (Wildman–Crippen LogP) is 7.10. The monoisotopic (exact) mass is 754 g/mol. The largest absolute Gasteiger partial charge is 0.497 e. The second kappa shape index (κ2) is 15.6. The number of urea groups is 1. The van der Waals surface area contributed by atoms with Gasteiger partial charge in [0.05, 0.1) is 31.3 Å². The van der Waals surface area contributed by atoms with Gasteiger partial charge in [0.2, 0.25) is 5.91 Å². The summed E-state index contributed by atoms with van der Waals surface area (Å²) in [5.41, 5.74) is 3.01. The Hall–Kier alpha value is -3.77. The van der Waals surface area contributed by atoms with Crippen LogP contribution < -0.4 is 10.1 Å². The lowest BCUT2D eigenvalue weighted by molar-refractivity contribution is -0.199. The third kappa shape index (κ3) is 7.57. The highest BCUT2D eigenvalue weighted by molar-refractivity contribution is 6.48. The summed E-state index contributed by atoms with van der Waals surface area (Å²) in [4.78, 5) is 48.1. The Morgan fingerprint density at radius 2 is 1.60 bits per heavy atom. The summed E-state index contributed by atoms with van der Waals surface area (Å²) in [6.07, 6.45) is 9.34. The number of ether oxygens (including phenoxy) is 2. The average molecular weight is 755 g/mol. The highest BCUT2D eigenvalue weighted by atomic mass is 16.7. The molecule has 12 heteroatoms. The van der Waals surface area contributed by atoms with Crippen LogP contribution in [0.25, 0.3) is 0 Å². The van der Waals surface area contributed by atoms with Crippen LogP contribution in [0.15, 0.2) is 48.5 Å². The predicted molar refractivity (Wildman–Crippen MR) is 209 cm³/mol. The number of amides is 4. The maximum atomic E-state index is 14.7. The van der Waals surface area contributed by atoms with Crippen LogP contribution in [0.3, 0.4) is 0 Å². The van der Waals surface area contributed by atoms with Crippen molar-refractivity contribution in [1.82, 2.24) is 20.0 Å². The molecule has 0 aromatic heterocycles. The van der Waals surface area contributed by atoms with Gasteiger partial charge < -0.3 is 33.9 Å². The van der Waals surface area contributed by atoms with Gasteiger partial charge in [0.1, 0.15) is 17.9 Å². The van der Waals surface area contributed by atoms with Crippen molar-refractivity contribution in [2.75, 3.05) is 20.2 Å². The Kier molecular flexibility index (Phi) is 10.8. The van der Waals surface area contributed by atoms with E-state index in [-0.39, 0.29) is 42.4 Å². The highest BCUT2D eigenvalue weighted by Crippen LogP contribution is 2.65. The van der Waals surface area contributed by atoms with Gasteiger partial charge in [-0.25, -0.2) is 9.59 Å². The minimum atomic E-state index is -0.819. The normalized spacial score (nSPS) is 32.3. The van der Waals surface area contributed by atoms with Crippen LogP contribution in [0.1, 0.15) is 108 Å². The summed E-state index contributed by atoms with van der Waals surface area (Å²) in [6.45, 7) is 8.98. The zero-order valence-electron chi connectivity index (χ0n) is 33.2. The fraction of sp³-hybridized carbons (Fsp3) is 0.651. The zero-order chi connectivity index (χ0) is 38.3. The molecule has 4 amide bonds. The fourth-order valence-corrected chi connectivity index (χ4v) is 10.6. The molecule has 2 bridgehead atoms. The minimum absolute atomic E-state index is 0.00289. The summed E-state index contributed by atoms with van der Waals surface area (Å²) in [7, 11) is 1.08. The zero-order valence-corrected chi connectivity index (χ0v) is 33.2. The number of nitrogens with one attached hydrogen (secondary N) is 1. The van der Waals surface area contributed by atoms with Gasteiger partial charge in [-0.2, -0.15) is 0 Å². The molecule has 4 heterocycles. The minimum Gasteiger partial charge on any atom is -0.497 e. The van der Waals surface area contributed by atoms with Gasteiger partial charge in [-0.05, 0) is 78.7 Å². The van der Waals surface area contributed by atoms with Crippen LogP contribution in [0.4, 0.5) is 9.59 Å². The lowest BCUT2D eigenvalue weighted by Gasteiger charge is -2.64. The van der Waals surface area contributed by atoms with E-state index < -0.39 is 31.0 Å². The molecule has 55 heavy (non-hydrogen) atoms. The molecule has 2 aromatic carbocycles. The number of carbonyl (C=O) groups excluding carboxylic acids is 3. The van der Waals surface area contributed by atoms with Gasteiger partial charge in [0.25, 0.3) is 0 Å². The molecule has 1 N–H and O–H groups in total. The summed E-state index contributed by atoms with van der Waals surface area (Å²) in [5.74, 6) is 1.18.